The van der Waals surface area contributed by atoms with Crippen molar-refractivity contribution in [3.8, 4) is 5.75 Å². The summed E-state index contributed by atoms with van der Waals surface area (Å²) in [6, 6.07) is 8.97. The maximum Gasteiger partial charge on any atom is 0.119 e. The Morgan fingerprint density at radius 3 is 2.94 bits per heavy atom. The molecule has 0 radical (unpaired) electrons. The lowest BCUT2D eigenvalue weighted by molar-refractivity contribution is 0.248. The number of hydrogen-bond acceptors (Lipinski definition) is 3. The molecule has 1 aliphatic rings. The molecule has 4 heteroatoms. The van der Waals surface area contributed by atoms with Crippen LogP contribution < -0.4 is 10.1 Å². The van der Waals surface area contributed by atoms with Crippen LogP contribution in [0.2, 0.25) is 0 Å². The van der Waals surface area contributed by atoms with Crippen LogP contribution in [0.5, 0.6) is 5.75 Å². The number of ether oxygens (including phenoxy) is 1. The number of methoxy groups -OCH3 is 1. The van der Waals surface area contributed by atoms with Crippen LogP contribution in [-0.4, -0.2) is 38.2 Å². The van der Waals surface area contributed by atoms with Crippen molar-refractivity contribution in [2.24, 2.45) is 0 Å². The molecule has 0 aromatic heterocycles. The van der Waals surface area contributed by atoms with Gasteiger partial charge in [0.25, 0.3) is 0 Å². The number of benzene rings is 1. The van der Waals surface area contributed by atoms with Crippen molar-refractivity contribution >= 4 is 12.4 Å². The third-order valence-corrected chi connectivity index (χ3v) is 3.22. The van der Waals surface area contributed by atoms with E-state index in [2.05, 4.69) is 35.5 Å². The highest BCUT2D eigenvalue weighted by Crippen LogP contribution is 2.16. The fourth-order valence-electron chi connectivity index (χ4n) is 2.20. The second kappa shape index (κ2) is 6.84. The van der Waals surface area contributed by atoms with Crippen molar-refractivity contribution in [1.29, 1.82) is 0 Å². The molecule has 2 rings (SSSR count). The zero-order chi connectivity index (χ0) is 11.4. The quantitative estimate of drug-likeness (QED) is 0.891. The van der Waals surface area contributed by atoms with Crippen molar-refractivity contribution in [3.05, 3.63) is 29.8 Å². The summed E-state index contributed by atoms with van der Waals surface area (Å²) in [6.07, 6.45) is 1.25. The molecule has 3 nitrogen and oxygen atoms in total. The molecular weight excluding hydrogens is 236 g/mol. The summed E-state index contributed by atoms with van der Waals surface area (Å²) in [4.78, 5) is 2.41. The first-order valence-corrected chi connectivity index (χ1v) is 5.83. The molecule has 1 aromatic rings. The van der Waals surface area contributed by atoms with Gasteiger partial charge in [-0.05, 0) is 37.7 Å². The second-order valence-corrected chi connectivity index (χ2v) is 4.41. The van der Waals surface area contributed by atoms with Crippen LogP contribution >= 0.6 is 12.4 Å². The van der Waals surface area contributed by atoms with E-state index >= 15 is 0 Å². The molecule has 1 unspecified atom stereocenters. The standard InChI is InChI=1S/C13H20N2O.ClH/c1-15(12-6-7-14-9-12)10-11-4-3-5-13(8-11)16-2;/h3-5,8,12,14H,6-7,9-10H2,1-2H3;1H. The van der Waals surface area contributed by atoms with Crippen molar-refractivity contribution < 1.29 is 4.74 Å². The van der Waals surface area contributed by atoms with Crippen molar-refractivity contribution in [3.63, 3.8) is 0 Å². The van der Waals surface area contributed by atoms with Gasteiger partial charge in [0.1, 0.15) is 5.75 Å². The van der Waals surface area contributed by atoms with Crippen LogP contribution in [0.4, 0.5) is 0 Å². The summed E-state index contributed by atoms with van der Waals surface area (Å²) in [5.74, 6) is 0.940. The molecule has 1 aliphatic heterocycles. The molecule has 17 heavy (non-hydrogen) atoms. The van der Waals surface area contributed by atoms with Crippen molar-refractivity contribution in [1.82, 2.24) is 10.2 Å². The minimum absolute atomic E-state index is 0. The lowest BCUT2D eigenvalue weighted by Gasteiger charge is -2.23. The Labute approximate surface area is 110 Å². The molecule has 1 fully saturated rings. The van der Waals surface area contributed by atoms with Gasteiger partial charge in [0, 0.05) is 19.1 Å². The van der Waals surface area contributed by atoms with Crippen LogP contribution in [-0.2, 0) is 6.54 Å². The molecule has 1 saturated heterocycles. The largest absolute Gasteiger partial charge is 0.497 e. The number of hydrogen-bond donors (Lipinski definition) is 1. The number of halogens is 1. The zero-order valence-corrected chi connectivity index (χ0v) is 11.3. The summed E-state index contributed by atoms with van der Waals surface area (Å²) in [5.41, 5.74) is 1.31. The minimum atomic E-state index is 0. The molecule has 1 N–H and O–H groups in total. The summed E-state index contributed by atoms with van der Waals surface area (Å²) in [5, 5.41) is 3.40. The SMILES string of the molecule is COc1cccc(CN(C)C2CCNC2)c1.Cl. The molecule has 0 aliphatic carbocycles. The van der Waals surface area contributed by atoms with Gasteiger partial charge in [-0.25, -0.2) is 0 Å². The van der Waals surface area contributed by atoms with E-state index in [9.17, 15) is 0 Å². The molecule has 0 spiro atoms. The Morgan fingerprint density at radius 2 is 2.29 bits per heavy atom. The maximum atomic E-state index is 5.23. The minimum Gasteiger partial charge on any atom is -0.497 e. The summed E-state index contributed by atoms with van der Waals surface area (Å²) in [6.45, 7) is 3.25. The predicted octanol–water partition coefficient (Wildman–Crippen LogP) is 1.91. The number of rotatable bonds is 4. The average Bonchev–Trinajstić information content (AvgIpc) is 2.83. The third kappa shape index (κ3) is 3.87. The molecule has 0 amide bonds. The molecule has 96 valence electrons. The fraction of sp³-hybridized carbons (Fsp3) is 0.538. The van der Waals surface area contributed by atoms with Gasteiger partial charge in [0.2, 0.25) is 0 Å². The van der Waals surface area contributed by atoms with Crippen LogP contribution in [0, 0.1) is 0 Å². The van der Waals surface area contributed by atoms with Crippen LogP contribution in [0.1, 0.15) is 12.0 Å². The molecule has 0 bridgehead atoms. The second-order valence-electron chi connectivity index (χ2n) is 4.41. The molecule has 1 heterocycles. The maximum absolute atomic E-state index is 5.23. The van der Waals surface area contributed by atoms with E-state index in [0.717, 1.165) is 25.4 Å². The Bertz CT molecular complexity index is 340. The first kappa shape index (κ1) is 14.3. The first-order valence-electron chi connectivity index (χ1n) is 5.83. The van der Waals surface area contributed by atoms with Gasteiger partial charge in [-0.3, -0.25) is 4.90 Å². The van der Waals surface area contributed by atoms with Gasteiger partial charge in [-0.15, -0.1) is 12.4 Å². The van der Waals surface area contributed by atoms with Gasteiger partial charge in [0.15, 0.2) is 0 Å². The van der Waals surface area contributed by atoms with Gasteiger partial charge < -0.3 is 10.1 Å². The van der Waals surface area contributed by atoms with E-state index in [0.29, 0.717) is 6.04 Å². The van der Waals surface area contributed by atoms with E-state index < -0.39 is 0 Å². The normalized spacial score (nSPS) is 19.1. The first-order chi connectivity index (χ1) is 7.79. The topological polar surface area (TPSA) is 24.5 Å². The Kier molecular flexibility index (Phi) is 5.75. The average molecular weight is 257 g/mol. The van der Waals surface area contributed by atoms with Gasteiger partial charge >= 0.3 is 0 Å². The van der Waals surface area contributed by atoms with Crippen LogP contribution in [0.25, 0.3) is 0 Å². The van der Waals surface area contributed by atoms with Crippen molar-refractivity contribution in [2.45, 2.75) is 19.0 Å². The van der Waals surface area contributed by atoms with Crippen LogP contribution in [0.3, 0.4) is 0 Å². The Balaban J connectivity index is 0.00000144. The molecule has 1 atom stereocenters. The molecule has 0 saturated carbocycles. The lowest BCUT2D eigenvalue weighted by atomic mass is 10.1. The monoisotopic (exact) mass is 256 g/mol. The highest BCUT2D eigenvalue weighted by molar-refractivity contribution is 5.85. The van der Waals surface area contributed by atoms with Crippen molar-refractivity contribution in [2.75, 3.05) is 27.2 Å². The summed E-state index contributed by atoms with van der Waals surface area (Å²) < 4.78 is 5.23. The molecular formula is C13H21ClN2O. The van der Waals surface area contributed by atoms with Gasteiger partial charge in [-0.2, -0.15) is 0 Å². The van der Waals surface area contributed by atoms with E-state index in [1.54, 1.807) is 7.11 Å². The highest BCUT2D eigenvalue weighted by Gasteiger charge is 2.18. The van der Waals surface area contributed by atoms with E-state index in [1.807, 2.05) is 6.07 Å². The summed E-state index contributed by atoms with van der Waals surface area (Å²) in [7, 11) is 3.90. The van der Waals surface area contributed by atoms with E-state index in [4.69, 9.17) is 4.74 Å². The Morgan fingerprint density at radius 1 is 1.47 bits per heavy atom. The molecule has 1 aromatic carbocycles. The van der Waals surface area contributed by atoms with Crippen LogP contribution in [0.15, 0.2) is 24.3 Å². The third-order valence-electron chi connectivity index (χ3n) is 3.22. The highest BCUT2D eigenvalue weighted by atomic mass is 35.5. The van der Waals surface area contributed by atoms with Gasteiger partial charge in [-0.1, -0.05) is 12.1 Å². The van der Waals surface area contributed by atoms with E-state index in [1.165, 1.54) is 12.0 Å². The van der Waals surface area contributed by atoms with E-state index in [-0.39, 0.29) is 12.4 Å². The number of nitrogens with zero attached hydrogens (tertiary/aromatic N) is 1. The van der Waals surface area contributed by atoms with Gasteiger partial charge in [0.05, 0.1) is 7.11 Å². The fourth-order valence-corrected chi connectivity index (χ4v) is 2.20. The predicted molar refractivity (Wildman–Crippen MR) is 73.0 cm³/mol. The summed E-state index contributed by atoms with van der Waals surface area (Å²) >= 11 is 0. The smallest absolute Gasteiger partial charge is 0.119 e. The number of nitrogens with one attached hydrogen (secondary N) is 1. The lowest BCUT2D eigenvalue weighted by Crippen LogP contribution is -2.32. The zero-order valence-electron chi connectivity index (χ0n) is 10.5. The Hall–Kier alpha value is -0.770. The number of likely N-dealkylation sites (N-methyl/N-ethyl adjacent to an activating group) is 1.